The van der Waals surface area contributed by atoms with Crippen LogP contribution in [0, 0.1) is 17.8 Å². The van der Waals surface area contributed by atoms with Gasteiger partial charge in [-0.2, -0.15) is 43.5 Å². The van der Waals surface area contributed by atoms with E-state index in [0.29, 0.717) is 19.3 Å². The van der Waals surface area contributed by atoms with E-state index in [4.69, 9.17) is 18.8 Å². The summed E-state index contributed by atoms with van der Waals surface area (Å²) in [6, 6.07) is 0. The summed E-state index contributed by atoms with van der Waals surface area (Å²) in [5.74, 6) is -22.2. The summed E-state index contributed by atoms with van der Waals surface area (Å²) >= 11 is 0. The van der Waals surface area contributed by atoms with Gasteiger partial charge in [0.15, 0.2) is 5.79 Å². The van der Waals surface area contributed by atoms with Crippen molar-refractivity contribution < 1.29 is 71.8 Å². The normalized spacial score (nSPS) is 36.3. The number of carbonyl (C=O) groups is 1. The van der Waals surface area contributed by atoms with Gasteiger partial charge < -0.3 is 18.9 Å². The predicted octanol–water partition coefficient (Wildman–Crippen LogP) is 3.25. The maximum Gasteiger partial charge on any atom is 0.465 e. The summed E-state index contributed by atoms with van der Waals surface area (Å²) in [4.78, 5) is 11.3. The lowest BCUT2D eigenvalue weighted by Crippen LogP contribution is -2.70. The minimum Gasteiger partial charge on any atom is -0.458 e. The van der Waals surface area contributed by atoms with Crippen LogP contribution in [0.4, 0.5) is 35.1 Å². The summed E-state index contributed by atoms with van der Waals surface area (Å²) < 4.78 is 160. The first-order valence-corrected chi connectivity index (χ1v) is 12.3. The van der Waals surface area contributed by atoms with Gasteiger partial charge in [0.05, 0.1) is 12.2 Å². The number of halogens is 8. The third-order valence-electron chi connectivity index (χ3n) is 7.43. The lowest BCUT2D eigenvalue weighted by molar-refractivity contribution is -0.426. The lowest BCUT2D eigenvalue weighted by atomic mass is 9.51. The number of alkyl halides is 8. The molecule has 8 nitrogen and oxygen atoms in total. The van der Waals surface area contributed by atoms with Crippen LogP contribution in [-0.4, -0.2) is 79.8 Å². The molecule has 0 aromatic rings. The Morgan fingerprint density at radius 2 is 1.42 bits per heavy atom. The lowest BCUT2D eigenvalue weighted by Gasteiger charge is -2.64. The first-order valence-electron chi connectivity index (χ1n) is 10.9. The van der Waals surface area contributed by atoms with Gasteiger partial charge in [0.25, 0.3) is 0 Å². The molecule has 4 aliphatic carbocycles. The van der Waals surface area contributed by atoms with Crippen LogP contribution in [0.25, 0.3) is 0 Å². The van der Waals surface area contributed by atoms with Crippen LogP contribution in [0.1, 0.15) is 32.1 Å². The molecule has 2 atom stereocenters. The van der Waals surface area contributed by atoms with Crippen LogP contribution < -0.4 is 0 Å². The molecular formula is C19H22F8O8S. The van der Waals surface area contributed by atoms with Crippen LogP contribution in [0.5, 0.6) is 0 Å². The van der Waals surface area contributed by atoms with Gasteiger partial charge in [0.1, 0.15) is 19.8 Å². The standard InChI is InChI=1S/C19H22F8O8S/c20-15(21)8-34-17(35-9-16(22,23)19(15,26)27)11-3-10-4-12(17)7-14(5-10,6-11)33-2-1-32-13(28)18(24,25)36(29,30)31/h10-12H,1-9H2,(H,29,30,31). The number of hydrogen-bond acceptors (Lipinski definition) is 7. The molecule has 2 unspecified atom stereocenters. The monoisotopic (exact) mass is 562 g/mol. The van der Waals surface area contributed by atoms with Crippen LogP contribution in [0.2, 0.25) is 0 Å². The molecule has 17 heteroatoms. The van der Waals surface area contributed by atoms with E-state index in [2.05, 4.69) is 4.74 Å². The van der Waals surface area contributed by atoms with Crippen molar-refractivity contribution in [1.82, 2.24) is 0 Å². The summed E-state index contributed by atoms with van der Waals surface area (Å²) in [7, 11) is -6.05. The molecule has 1 spiro atoms. The number of ether oxygens (including phenoxy) is 4. The molecule has 0 aromatic heterocycles. The molecule has 1 saturated heterocycles. The minimum atomic E-state index is -6.05. The second-order valence-corrected chi connectivity index (χ2v) is 11.2. The fraction of sp³-hybridized carbons (Fsp3) is 0.947. The van der Waals surface area contributed by atoms with Gasteiger partial charge in [-0.05, 0) is 38.0 Å². The van der Waals surface area contributed by atoms with Crippen molar-refractivity contribution in [3.63, 3.8) is 0 Å². The average molecular weight is 562 g/mol. The number of rotatable bonds is 6. The largest absolute Gasteiger partial charge is 0.465 e. The molecule has 1 heterocycles. The second kappa shape index (κ2) is 8.35. The summed E-state index contributed by atoms with van der Waals surface area (Å²) in [5.41, 5.74) is -1.01. The zero-order valence-corrected chi connectivity index (χ0v) is 19.1. The van der Waals surface area contributed by atoms with Crippen molar-refractivity contribution in [1.29, 1.82) is 0 Å². The van der Waals surface area contributed by atoms with Crippen molar-refractivity contribution >= 4 is 16.1 Å². The maximum atomic E-state index is 14.0. The topological polar surface area (TPSA) is 108 Å². The van der Waals surface area contributed by atoms with E-state index >= 15 is 0 Å². The highest BCUT2D eigenvalue weighted by atomic mass is 32.2. The molecule has 208 valence electrons. The number of esters is 1. The van der Waals surface area contributed by atoms with E-state index in [-0.39, 0.29) is 18.8 Å². The first-order chi connectivity index (χ1) is 16.3. The third-order valence-corrected chi connectivity index (χ3v) is 8.25. The van der Waals surface area contributed by atoms with E-state index in [1.165, 1.54) is 0 Å². The van der Waals surface area contributed by atoms with Crippen LogP contribution in [0.15, 0.2) is 0 Å². The Bertz CT molecular complexity index is 963. The van der Waals surface area contributed by atoms with E-state index in [9.17, 15) is 48.3 Å². The van der Waals surface area contributed by atoms with Crippen LogP contribution >= 0.6 is 0 Å². The van der Waals surface area contributed by atoms with Gasteiger partial charge in [-0.3, -0.25) is 4.55 Å². The van der Waals surface area contributed by atoms with Crippen LogP contribution in [0.3, 0.4) is 0 Å². The Morgan fingerprint density at radius 3 is 1.89 bits per heavy atom. The van der Waals surface area contributed by atoms with Crippen molar-refractivity contribution in [3.05, 3.63) is 0 Å². The Morgan fingerprint density at radius 1 is 0.917 bits per heavy atom. The molecule has 0 amide bonds. The SMILES string of the molecule is O=C(OCCOC12CC3CC(C1)C1(OCC(F)(F)C(F)(F)C(F)(F)CO1)C(C3)C2)C(F)(F)S(=O)(=O)O. The molecule has 1 N–H and O–H groups in total. The molecule has 0 aromatic carbocycles. The Hall–Kier alpha value is -1.30. The summed E-state index contributed by atoms with van der Waals surface area (Å²) in [6.45, 7) is -5.29. The van der Waals surface area contributed by atoms with Crippen LogP contribution in [-0.2, 0) is 33.9 Å². The van der Waals surface area contributed by atoms with Gasteiger partial charge in [0, 0.05) is 11.8 Å². The molecule has 5 rings (SSSR count). The molecular weight excluding hydrogens is 540 g/mol. The zero-order valence-electron chi connectivity index (χ0n) is 18.3. The molecule has 36 heavy (non-hydrogen) atoms. The summed E-state index contributed by atoms with van der Waals surface area (Å²) in [5, 5.41) is -5.19. The zero-order chi connectivity index (χ0) is 27.0. The second-order valence-electron chi connectivity index (χ2n) is 9.78. The van der Waals surface area contributed by atoms with Crippen molar-refractivity contribution in [3.8, 4) is 0 Å². The van der Waals surface area contributed by atoms with Gasteiger partial charge in [0.2, 0.25) is 0 Å². The fourth-order valence-corrected chi connectivity index (χ4v) is 6.25. The van der Waals surface area contributed by atoms with Gasteiger partial charge in [-0.15, -0.1) is 0 Å². The Kier molecular flexibility index (Phi) is 6.43. The minimum absolute atomic E-state index is 0.0165. The highest BCUT2D eigenvalue weighted by Gasteiger charge is 2.75. The van der Waals surface area contributed by atoms with Crippen molar-refractivity contribution in [2.24, 2.45) is 17.8 Å². The fourth-order valence-electron chi connectivity index (χ4n) is 5.98. The van der Waals surface area contributed by atoms with Gasteiger partial charge >= 0.3 is 39.1 Å². The smallest absolute Gasteiger partial charge is 0.458 e. The molecule has 4 saturated carbocycles. The average Bonchev–Trinajstić information content (AvgIpc) is 2.74. The highest BCUT2D eigenvalue weighted by Crippen LogP contribution is 2.64. The predicted molar refractivity (Wildman–Crippen MR) is 99.2 cm³/mol. The molecule has 4 bridgehead atoms. The Balaban J connectivity index is 1.44. The maximum absolute atomic E-state index is 14.0. The van der Waals surface area contributed by atoms with E-state index in [0.717, 1.165) is 0 Å². The number of carbonyl (C=O) groups excluding carboxylic acids is 1. The number of hydrogen-bond donors (Lipinski definition) is 1. The molecule has 1 aliphatic heterocycles. The third kappa shape index (κ3) is 4.18. The van der Waals surface area contributed by atoms with E-state index in [1.54, 1.807) is 0 Å². The van der Waals surface area contributed by atoms with Crippen molar-refractivity contribution in [2.45, 2.75) is 66.5 Å². The highest BCUT2D eigenvalue weighted by molar-refractivity contribution is 7.87. The first kappa shape index (κ1) is 27.7. The molecule has 5 fully saturated rings. The Labute approximate surface area is 199 Å². The molecule has 0 radical (unpaired) electrons. The van der Waals surface area contributed by atoms with E-state index < -0.39 is 88.8 Å². The van der Waals surface area contributed by atoms with Crippen molar-refractivity contribution in [2.75, 3.05) is 26.4 Å². The van der Waals surface area contributed by atoms with E-state index in [1.807, 2.05) is 0 Å². The quantitative estimate of drug-likeness (QED) is 0.228. The van der Waals surface area contributed by atoms with Gasteiger partial charge in [-0.25, -0.2) is 4.79 Å². The summed E-state index contributed by atoms with van der Waals surface area (Å²) in [6.07, 6.45) is 1.04. The van der Waals surface area contributed by atoms with Gasteiger partial charge in [-0.1, -0.05) is 0 Å². The molecule has 5 aliphatic rings.